The number of nitrogens with zero attached hydrogens (tertiary/aromatic N) is 1. The maximum atomic E-state index is 8.66. The molecule has 11 heavy (non-hydrogen) atoms. The molecule has 1 atom stereocenters. The predicted octanol–water partition coefficient (Wildman–Crippen LogP) is 0.0491. The second kappa shape index (κ2) is 4.46. The summed E-state index contributed by atoms with van der Waals surface area (Å²) < 4.78 is 0. The molecular formula is C8H16N2O. The Balaban J connectivity index is 2.19. The van der Waals surface area contributed by atoms with Gasteiger partial charge in [0, 0.05) is 12.3 Å². The molecule has 0 radical (unpaired) electrons. The van der Waals surface area contributed by atoms with Gasteiger partial charge in [0.05, 0.1) is 6.61 Å². The summed E-state index contributed by atoms with van der Waals surface area (Å²) in [5.41, 5.74) is 0.844. The molecule has 1 aliphatic heterocycles. The van der Waals surface area contributed by atoms with Gasteiger partial charge in [0.15, 0.2) is 0 Å². The van der Waals surface area contributed by atoms with E-state index in [0.29, 0.717) is 5.92 Å². The minimum Gasteiger partial charge on any atom is -0.390 e. The Kier molecular flexibility index (Phi) is 3.52. The van der Waals surface area contributed by atoms with E-state index < -0.39 is 0 Å². The molecule has 0 aliphatic carbocycles. The minimum atomic E-state index is 0.0974. The van der Waals surface area contributed by atoms with Gasteiger partial charge < -0.3 is 10.4 Å². The van der Waals surface area contributed by atoms with Crippen LogP contribution in [0.2, 0.25) is 0 Å². The standard InChI is InChI=1S/C8H16N2O/c1-7(6-11)10-5-8-2-3-9-4-8/h8-9,11H,2-6H2,1H3/t8-/m1/s1. The first-order valence-corrected chi connectivity index (χ1v) is 4.14. The highest BCUT2D eigenvalue weighted by Crippen LogP contribution is 2.07. The highest BCUT2D eigenvalue weighted by atomic mass is 16.3. The Morgan fingerprint density at radius 3 is 3.09 bits per heavy atom. The first-order chi connectivity index (χ1) is 5.33. The van der Waals surface area contributed by atoms with Gasteiger partial charge in [0.1, 0.15) is 0 Å². The van der Waals surface area contributed by atoms with Crippen LogP contribution in [-0.2, 0) is 0 Å². The molecule has 1 fully saturated rings. The SMILES string of the molecule is CC(CO)=NC[C@@H]1CCNC1. The zero-order chi connectivity index (χ0) is 8.10. The van der Waals surface area contributed by atoms with Crippen LogP contribution in [-0.4, -0.2) is 37.1 Å². The lowest BCUT2D eigenvalue weighted by Crippen LogP contribution is -2.12. The summed E-state index contributed by atoms with van der Waals surface area (Å²) in [5.74, 6) is 0.691. The summed E-state index contributed by atoms with van der Waals surface area (Å²) in [6, 6.07) is 0. The van der Waals surface area contributed by atoms with Crippen LogP contribution < -0.4 is 5.32 Å². The van der Waals surface area contributed by atoms with E-state index in [1.807, 2.05) is 6.92 Å². The average molecular weight is 156 g/mol. The molecule has 0 aromatic carbocycles. The second-order valence-electron chi connectivity index (χ2n) is 3.09. The van der Waals surface area contributed by atoms with Crippen molar-refractivity contribution in [2.75, 3.05) is 26.2 Å². The van der Waals surface area contributed by atoms with Gasteiger partial charge >= 0.3 is 0 Å². The molecule has 2 N–H and O–H groups in total. The molecule has 0 spiro atoms. The van der Waals surface area contributed by atoms with E-state index >= 15 is 0 Å². The van der Waals surface area contributed by atoms with Gasteiger partial charge in [-0.3, -0.25) is 4.99 Å². The molecule has 3 heteroatoms. The molecule has 0 bridgehead atoms. The van der Waals surface area contributed by atoms with E-state index in [4.69, 9.17) is 5.11 Å². The molecule has 1 saturated heterocycles. The molecule has 0 amide bonds. The molecule has 1 heterocycles. The number of rotatable bonds is 3. The van der Waals surface area contributed by atoms with E-state index in [-0.39, 0.29) is 6.61 Å². The van der Waals surface area contributed by atoms with Gasteiger partial charge in [0.25, 0.3) is 0 Å². The smallest absolute Gasteiger partial charge is 0.0806 e. The molecule has 0 aromatic rings. The van der Waals surface area contributed by atoms with Crippen LogP contribution in [0.1, 0.15) is 13.3 Å². The number of aliphatic hydroxyl groups is 1. The number of hydrogen-bond acceptors (Lipinski definition) is 3. The van der Waals surface area contributed by atoms with Crippen molar-refractivity contribution in [2.45, 2.75) is 13.3 Å². The molecule has 1 rings (SSSR count). The maximum Gasteiger partial charge on any atom is 0.0806 e. The zero-order valence-corrected chi connectivity index (χ0v) is 7.01. The van der Waals surface area contributed by atoms with Crippen molar-refractivity contribution in [2.24, 2.45) is 10.9 Å². The maximum absolute atomic E-state index is 8.66. The third-order valence-electron chi connectivity index (χ3n) is 2.01. The number of nitrogens with one attached hydrogen (secondary N) is 1. The molecule has 0 aromatic heterocycles. The quantitative estimate of drug-likeness (QED) is 0.567. The van der Waals surface area contributed by atoms with E-state index in [0.717, 1.165) is 25.3 Å². The van der Waals surface area contributed by atoms with Crippen LogP contribution in [0, 0.1) is 5.92 Å². The first-order valence-electron chi connectivity index (χ1n) is 4.14. The summed E-state index contributed by atoms with van der Waals surface area (Å²) in [6.07, 6.45) is 1.22. The molecule has 1 aliphatic rings. The van der Waals surface area contributed by atoms with E-state index in [9.17, 15) is 0 Å². The third-order valence-corrected chi connectivity index (χ3v) is 2.01. The molecule has 0 saturated carbocycles. The van der Waals surface area contributed by atoms with Crippen molar-refractivity contribution in [3.8, 4) is 0 Å². The molecule has 3 nitrogen and oxygen atoms in total. The fraction of sp³-hybridized carbons (Fsp3) is 0.875. The van der Waals surface area contributed by atoms with Crippen molar-refractivity contribution in [3.05, 3.63) is 0 Å². The van der Waals surface area contributed by atoms with Gasteiger partial charge in [-0.15, -0.1) is 0 Å². The fourth-order valence-electron chi connectivity index (χ4n) is 1.21. The monoisotopic (exact) mass is 156 g/mol. The lowest BCUT2D eigenvalue weighted by Gasteiger charge is -2.03. The van der Waals surface area contributed by atoms with Crippen molar-refractivity contribution in [3.63, 3.8) is 0 Å². The highest BCUT2D eigenvalue weighted by Gasteiger charge is 2.12. The summed E-state index contributed by atoms with van der Waals surface area (Å²) in [6.45, 7) is 5.04. The van der Waals surface area contributed by atoms with Crippen LogP contribution in [0.3, 0.4) is 0 Å². The van der Waals surface area contributed by atoms with Gasteiger partial charge in [-0.25, -0.2) is 0 Å². The van der Waals surface area contributed by atoms with Gasteiger partial charge in [0.2, 0.25) is 0 Å². The normalized spacial score (nSPS) is 26.0. The van der Waals surface area contributed by atoms with Crippen molar-refractivity contribution in [1.82, 2.24) is 5.32 Å². The zero-order valence-electron chi connectivity index (χ0n) is 7.01. The van der Waals surface area contributed by atoms with Crippen molar-refractivity contribution >= 4 is 5.71 Å². The molecule has 0 unspecified atom stereocenters. The lowest BCUT2D eigenvalue weighted by molar-refractivity contribution is 0.356. The Hall–Kier alpha value is -0.410. The first kappa shape index (κ1) is 8.68. The van der Waals surface area contributed by atoms with E-state index in [2.05, 4.69) is 10.3 Å². The van der Waals surface area contributed by atoms with Crippen LogP contribution >= 0.6 is 0 Å². The van der Waals surface area contributed by atoms with Gasteiger partial charge in [-0.1, -0.05) is 0 Å². The van der Waals surface area contributed by atoms with Crippen LogP contribution in [0.25, 0.3) is 0 Å². The van der Waals surface area contributed by atoms with E-state index in [1.54, 1.807) is 0 Å². The topological polar surface area (TPSA) is 44.6 Å². The second-order valence-corrected chi connectivity index (χ2v) is 3.09. The van der Waals surface area contributed by atoms with E-state index in [1.165, 1.54) is 6.42 Å². The lowest BCUT2D eigenvalue weighted by atomic mass is 10.1. The number of hydrogen-bond donors (Lipinski definition) is 2. The summed E-state index contributed by atoms with van der Waals surface area (Å²) in [7, 11) is 0. The Morgan fingerprint density at radius 2 is 2.55 bits per heavy atom. The summed E-state index contributed by atoms with van der Waals surface area (Å²) in [4.78, 5) is 4.25. The number of aliphatic hydroxyl groups excluding tert-OH is 1. The Bertz CT molecular complexity index is 139. The Labute approximate surface area is 67.5 Å². The van der Waals surface area contributed by atoms with Gasteiger partial charge in [-0.2, -0.15) is 0 Å². The predicted molar refractivity (Wildman–Crippen MR) is 46.0 cm³/mol. The Morgan fingerprint density at radius 1 is 1.73 bits per heavy atom. The molecule has 64 valence electrons. The largest absolute Gasteiger partial charge is 0.390 e. The van der Waals surface area contributed by atoms with Crippen LogP contribution in [0.4, 0.5) is 0 Å². The summed E-state index contributed by atoms with van der Waals surface area (Å²) >= 11 is 0. The minimum absolute atomic E-state index is 0.0974. The summed E-state index contributed by atoms with van der Waals surface area (Å²) in [5, 5.41) is 11.9. The average Bonchev–Trinajstić information content (AvgIpc) is 2.52. The highest BCUT2D eigenvalue weighted by molar-refractivity contribution is 5.82. The number of aliphatic imine (C=N–C) groups is 1. The van der Waals surface area contributed by atoms with Crippen LogP contribution in [0.15, 0.2) is 4.99 Å². The molecular weight excluding hydrogens is 140 g/mol. The van der Waals surface area contributed by atoms with Gasteiger partial charge in [-0.05, 0) is 32.4 Å². The van der Waals surface area contributed by atoms with Crippen molar-refractivity contribution in [1.29, 1.82) is 0 Å². The van der Waals surface area contributed by atoms with Crippen molar-refractivity contribution < 1.29 is 5.11 Å². The van der Waals surface area contributed by atoms with Crippen LogP contribution in [0.5, 0.6) is 0 Å². The third kappa shape index (κ3) is 2.99. The fourth-order valence-corrected chi connectivity index (χ4v) is 1.21.